The van der Waals surface area contributed by atoms with Crippen molar-refractivity contribution in [3.63, 3.8) is 0 Å². The van der Waals surface area contributed by atoms with Gasteiger partial charge in [-0.2, -0.15) is 0 Å². The van der Waals surface area contributed by atoms with Gasteiger partial charge in [-0.25, -0.2) is 13.1 Å². The van der Waals surface area contributed by atoms with Crippen molar-refractivity contribution >= 4 is 15.7 Å². The minimum Gasteiger partial charge on any atom is -0.391 e. The number of benzene rings is 1. The van der Waals surface area contributed by atoms with Gasteiger partial charge in [0.2, 0.25) is 10.0 Å². The molecular formula is C13H18N2O5S. The van der Waals surface area contributed by atoms with E-state index in [9.17, 15) is 23.6 Å². The van der Waals surface area contributed by atoms with Crippen LogP contribution < -0.4 is 4.72 Å². The van der Waals surface area contributed by atoms with Crippen molar-refractivity contribution in [1.82, 2.24) is 4.72 Å². The first-order valence-corrected chi connectivity index (χ1v) is 8.33. The molecule has 21 heavy (non-hydrogen) atoms. The van der Waals surface area contributed by atoms with Gasteiger partial charge >= 0.3 is 0 Å². The Bertz CT molecular complexity index is 599. The van der Waals surface area contributed by atoms with Crippen LogP contribution in [0.15, 0.2) is 29.2 Å². The predicted molar refractivity (Wildman–Crippen MR) is 76.3 cm³/mol. The molecule has 0 amide bonds. The molecule has 116 valence electrons. The molecule has 2 rings (SSSR count). The van der Waals surface area contributed by atoms with Crippen LogP contribution in [0.1, 0.15) is 32.1 Å². The Hall–Kier alpha value is -1.51. The summed E-state index contributed by atoms with van der Waals surface area (Å²) in [6.07, 6.45) is 3.20. The molecule has 8 heteroatoms. The molecule has 1 aromatic carbocycles. The number of hydrogen-bond donors (Lipinski definition) is 2. The van der Waals surface area contributed by atoms with Crippen LogP contribution in [0.2, 0.25) is 0 Å². The van der Waals surface area contributed by atoms with E-state index in [-0.39, 0.29) is 10.6 Å². The molecule has 2 N–H and O–H groups in total. The van der Waals surface area contributed by atoms with E-state index >= 15 is 0 Å². The van der Waals surface area contributed by atoms with E-state index in [2.05, 4.69) is 4.72 Å². The van der Waals surface area contributed by atoms with Crippen LogP contribution >= 0.6 is 0 Å². The fraction of sp³-hybridized carbons (Fsp3) is 0.538. The summed E-state index contributed by atoms with van der Waals surface area (Å²) in [5.41, 5.74) is -0.163. The van der Waals surface area contributed by atoms with Crippen molar-refractivity contribution in [1.29, 1.82) is 0 Å². The third-order valence-electron chi connectivity index (χ3n) is 3.64. The molecule has 1 saturated carbocycles. The van der Waals surface area contributed by atoms with Crippen molar-refractivity contribution in [3.05, 3.63) is 34.4 Å². The van der Waals surface area contributed by atoms with Crippen LogP contribution in [0.5, 0.6) is 0 Å². The Labute approximate surface area is 123 Å². The largest absolute Gasteiger partial charge is 0.391 e. The number of rotatable bonds is 4. The monoisotopic (exact) mass is 314 g/mol. The Kier molecular flexibility index (Phi) is 4.92. The zero-order chi connectivity index (χ0) is 15.5. The average molecular weight is 314 g/mol. The van der Waals surface area contributed by atoms with Crippen LogP contribution in [0, 0.1) is 10.1 Å². The maximum Gasteiger partial charge on any atom is 0.269 e. The normalized spacial score (nSPS) is 23.5. The number of non-ortho nitro benzene ring substituents is 1. The highest BCUT2D eigenvalue weighted by Gasteiger charge is 2.27. The van der Waals surface area contributed by atoms with Gasteiger partial charge in [0.15, 0.2) is 0 Å². The summed E-state index contributed by atoms with van der Waals surface area (Å²) in [5.74, 6) is 0. The summed E-state index contributed by atoms with van der Waals surface area (Å²) in [7, 11) is -3.78. The van der Waals surface area contributed by atoms with Gasteiger partial charge in [0, 0.05) is 18.2 Å². The van der Waals surface area contributed by atoms with E-state index < -0.39 is 27.1 Å². The second-order valence-corrected chi connectivity index (χ2v) is 6.90. The number of nitrogens with one attached hydrogen (secondary N) is 1. The molecular weight excluding hydrogens is 296 g/mol. The summed E-state index contributed by atoms with van der Waals surface area (Å²) in [6, 6.07) is 4.19. The lowest BCUT2D eigenvalue weighted by Crippen LogP contribution is -2.42. The maximum absolute atomic E-state index is 12.2. The van der Waals surface area contributed by atoms with Gasteiger partial charge in [-0.3, -0.25) is 10.1 Å². The topological polar surface area (TPSA) is 110 Å². The molecule has 0 bridgehead atoms. The zero-order valence-electron chi connectivity index (χ0n) is 11.4. The molecule has 1 aliphatic rings. The maximum atomic E-state index is 12.2. The van der Waals surface area contributed by atoms with E-state index in [0.29, 0.717) is 12.8 Å². The number of nitro groups is 1. The fourth-order valence-electron chi connectivity index (χ4n) is 2.44. The van der Waals surface area contributed by atoms with Crippen LogP contribution in [-0.2, 0) is 10.0 Å². The molecule has 1 fully saturated rings. The zero-order valence-corrected chi connectivity index (χ0v) is 12.3. The molecule has 0 aliphatic heterocycles. The van der Waals surface area contributed by atoms with Crippen LogP contribution in [0.4, 0.5) is 5.69 Å². The number of aliphatic hydroxyl groups excluding tert-OH is 1. The molecule has 0 aromatic heterocycles. The van der Waals surface area contributed by atoms with Crippen LogP contribution in [0.3, 0.4) is 0 Å². The molecule has 0 spiro atoms. The summed E-state index contributed by atoms with van der Waals surface area (Å²) < 4.78 is 27.0. The van der Waals surface area contributed by atoms with Crippen LogP contribution in [-0.4, -0.2) is 30.6 Å². The summed E-state index contributed by atoms with van der Waals surface area (Å²) in [5, 5.41) is 20.5. The first-order valence-electron chi connectivity index (χ1n) is 6.85. The van der Waals surface area contributed by atoms with Gasteiger partial charge in [-0.05, 0) is 25.0 Å². The lowest BCUT2D eigenvalue weighted by atomic mass is 10.1. The minimum absolute atomic E-state index is 0.0375. The van der Waals surface area contributed by atoms with Gasteiger partial charge in [0.25, 0.3) is 5.69 Å². The second kappa shape index (κ2) is 6.50. The Morgan fingerprint density at radius 1 is 1.14 bits per heavy atom. The standard InChI is InChI=1S/C13H18N2O5S/c16-13-5-3-1-2-4-12(13)14-21(19,20)11-8-6-10(7-9-11)15(17)18/h6-9,12-14,16H,1-5H2. The number of hydrogen-bond acceptors (Lipinski definition) is 5. The fourth-order valence-corrected chi connectivity index (χ4v) is 3.74. The van der Waals surface area contributed by atoms with Gasteiger partial charge in [-0.15, -0.1) is 0 Å². The van der Waals surface area contributed by atoms with Gasteiger partial charge in [-0.1, -0.05) is 19.3 Å². The Morgan fingerprint density at radius 3 is 2.38 bits per heavy atom. The Balaban J connectivity index is 2.15. The number of sulfonamides is 1. The lowest BCUT2D eigenvalue weighted by Gasteiger charge is -2.21. The average Bonchev–Trinajstić information content (AvgIpc) is 2.64. The summed E-state index contributed by atoms with van der Waals surface area (Å²) in [4.78, 5) is 9.95. The quantitative estimate of drug-likeness (QED) is 0.498. The molecule has 2 atom stereocenters. The van der Waals surface area contributed by atoms with Crippen molar-refractivity contribution in [2.24, 2.45) is 0 Å². The molecule has 0 saturated heterocycles. The van der Waals surface area contributed by atoms with Crippen molar-refractivity contribution in [2.45, 2.75) is 49.1 Å². The first-order chi connectivity index (χ1) is 9.90. The highest BCUT2D eigenvalue weighted by atomic mass is 32.2. The third kappa shape index (κ3) is 3.99. The number of aliphatic hydroxyl groups is 1. The third-order valence-corrected chi connectivity index (χ3v) is 5.15. The molecule has 1 aromatic rings. The summed E-state index contributed by atoms with van der Waals surface area (Å²) >= 11 is 0. The SMILES string of the molecule is O=[N+]([O-])c1ccc(S(=O)(=O)NC2CCCCCC2O)cc1. The summed E-state index contributed by atoms with van der Waals surface area (Å²) in [6.45, 7) is 0. The van der Waals surface area contributed by atoms with Gasteiger partial charge < -0.3 is 5.11 Å². The molecule has 1 aliphatic carbocycles. The first kappa shape index (κ1) is 15.9. The predicted octanol–water partition coefficient (Wildman–Crippen LogP) is 1.57. The Morgan fingerprint density at radius 2 is 1.76 bits per heavy atom. The number of nitro benzene ring substituents is 1. The lowest BCUT2D eigenvalue weighted by molar-refractivity contribution is -0.384. The van der Waals surface area contributed by atoms with Gasteiger partial charge in [0.05, 0.1) is 15.9 Å². The highest BCUT2D eigenvalue weighted by molar-refractivity contribution is 7.89. The van der Waals surface area contributed by atoms with E-state index in [4.69, 9.17) is 0 Å². The van der Waals surface area contributed by atoms with Crippen molar-refractivity contribution in [2.75, 3.05) is 0 Å². The molecule has 2 unspecified atom stereocenters. The smallest absolute Gasteiger partial charge is 0.269 e. The molecule has 7 nitrogen and oxygen atoms in total. The van der Waals surface area contributed by atoms with E-state index in [1.54, 1.807) is 0 Å². The molecule has 0 radical (unpaired) electrons. The van der Waals surface area contributed by atoms with E-state index in [0.717, 1.165) is 31.4 Å². The van der Waals surface area contributed by atoms with Crippen molar-refractivity contribution < 1.29 is 18.4 Å². The van der Waals surface area contributed by atoms with Gasteiger partial charge in [0.1, 0.15) is 0 Å². The molecule has 0 heterocycles. The van der Waals surface area contributed by atoms with Crippen LogP contribution in [0.25, 0.3) is 0 Å². The van der Waals surface area contributed by atoms with E-state index in [1.165, 1.54) is 12.1 Å². The number of nitrogens with zero attached hydrogens (tertiary/aromatic N) is 1. The highest BCUT2D eigenvalue weighted by Crippen LogP contribution is 2.21. The van der Waals surface area contributed by atoms with Crippen molar-refractivity contribution in [3.8, 4) is 0 Å². The van der Waals surface area contributed by atoms with E-state index in [1.807, 2.05) is 0 Å². The second-order valence-electron chi connectivity index (χ2n) is 5.18. The minimum atomic E-state index is -3.78.